The Morgan fingerprint density at radius 2 is 2.30 bits per heavy atom. The number of hydrogen-bond donors (Lipinski definition) is 1. The van der Waals surface area contributed by atoms with Crippen LogP contribution in [0, 0.1) is 6.92 Å². The van der Waals surface area contributed by atoms with Crippen LogP contribution in [0.25, 0.3) is 0 Å². The number of anilines is 1. The number of aromatic nitrogens is 2. The fourth-order valence-corrected chi connectivity index (χ4v) is 0.644. The normalized spacial score (nSPS) is 9.80. The number of nitrogen functional groups attached to an aromatic ring is 1. The molecule has 1 rings (SSSR count). The van der Waals surface area contributed by atoms with Crippen molar-refractivity contribution in [3.63, 3.8) is 0 Å². The lowest BCUT2D eigenvalue weighted by atomic mass is 10.4. The van der Waals surface area contributed by atoms with E-state index in [1.165, 1.54) is 4.57 Å². The van der Waals surface area contributed by atoms with E-state index in [2.05, 4.69) is 4.98 Å². The Labute approximate surface area is 58.3 Å². The first-order chi connectivity index (χ1) is 4.61. The lowest BCUT2D eigenvalue weighted by Gasteiger charge is -1.99. The minimum absolute atomic E-state index is 0.272. The maximum Gasteiger partial charge on any atom is 0.347 e. The van der Waals surface area contributed by atoms with Crippen LogP contribution in [0.3, 0.4) is 0 Å². The van der Waals surface area contributed by atoms with Crippen LogP contribution in [0.15, 0.2) is 11.0 Å². The summed E-state index contributed by atoms with van der Waals surface area (Å²) in [5, 5.41) is 0. The summed E-state index contributed by atoms with van der Waals surface area (Å²) >= 11 is 0. The van der Waals surface area contributed by atoms with Gasteiger partial charge in [0, 0.05) is 13.2 Å². The van der Waals surface area contributed by atoms with Crippen molar-refractivity contribution < 1.29 is 0 Å². The van der Waals surface area contributed by atoms with Gasteiger partial charge >= 0.3 is 5.69 Å². The molecule has 0 aliphatic rings. The van der Waals surface area contributed by atoms with Crippen molar-refractivity contribution in [2.45, 2.75) is 6.92 Å². The molecule has 2 N–H and O–H groups in total. The van der Waals surface area contributed by atoms with Crippen LogP contribution < -0.4 is 11.4 Å². The van der Waals surface area contributed by atoms with Crippen molar-refractivity contribution in [1.82, 2.24) is 9.55 Å². The minimum Gasteiger partial charge on any atom is -0.396 e. The van der Waals surface area contributed by atoms with Crippen LogP contribution >= 0.6 is 0 Å². The predicted octanol–water partition coefficient (Wildman–Crippen LogP) is -0.329. The molecular weight excluding hydrogens is 130 g/mol. The molecule has 0 unspecified atom stereocenters. The van der Waals surface area contributed by atoms with Crippen LogP contribution in [-0.2, 0) is 7.05 Å². The molecule has 0 fully saturated rings. The Balaban J connectivity index is 3.43. The number of rotatable bonds is 0. The van der Waals surface area contributed by atoms with Crippen molar-refractivity contribution in [2.75, 3.05) is 5.73 Å². The molecule has 0 bridgehead atoms. The molecule has 10 heavy (non-hydrogen) atoms. The van der Waals surface area contributed by atoms with Gasteiger partial charge in [-0.05, 0) is 6.92 Å². The molecule has 54 valence electrons. The second-order valence-corrected chi connectivity index (χ2v) is 2.18. The second kappa shape index (κ2) is 2.13. The molecule has 1 heterocycles. The summed E-state index contributed by atoms with van der Waals surface area (Å²) < 4.78 is 1.35. The standard InChI is InChI=1S/C6H9N3O/c1-4-5(7)3-9(2)6(10)8-4/h3H,7H2,1-2H3. The molecule has 0 aromatic carbocycles. The number of nitrogens with two attached hydrogens (primary N) is 1. The average Bonchev–Trinajstić information content (AvgIpc) is 1.84. The molecule has 1 aromatic heterocycles. The zero-order chi connectivity index (χ0) is 7.72. The summed E-state index contributed by atoms with van der Waals surface area (Å²) in [7, 11) is 1.62. The molecule has 0 radical (unpaired) electrons. The van der Waals surface area contributed by atoms with Crippen LogP contribution in [0.1, 0.15) is 5.69 Å². The number of nitrogens with zero attached hydrogens (tertiary/aromatic N) is 2. The van der Waals surface area contributed by atoms with Gasteiger partial charge in [0.1, 0.15) is 0 Å². The SMILES string of the molecule is Cc1nc(=O)n(C)cc1N. The van der Waals surface area contributed by atoms with Gasteiger partial charge in [-0.1, -0.05) is 0 Å². The third-order valence-electron chi connectivity index (χ3n) is 1.32. The highest BCUT2D eigenvalue weighted by atomic mass is 16.1. The van der Waals surface area contributed by atoms with E-state index in [1.807, 2.05) is 0 Å². The van der Waals surface area contributed by atoms with Crippen LogP contribution in [-0.4, -0.2) is 9.55 Å². The van der Waals surface area contributed by atoms with Gasteiger partial charge in [-0.15, -0.1) is 0 Å². The highest BCUT2D eigenvalue weighted by Crippen LogP contribution is 2.00. The molecule has 0 saturated heterocycles. The Morgan fingerprint density at radius 3 is 2.80 bits per heavy atom. The van der Waals surface area contributed by atoms with Crippen LogP contribution in [0.5, 0.6) is 0 Å². The predicted molar refractivity (Wildman–Crippen MR) is 38.6 cm³/mol. The van der Waals surface area contributed by atoms with Gasteiger partial charge < -0.3 is 10.3 Å². The lowest BCUT2D eigenvalue weighted by Crippen LogP contribution is -2.21. The first-order valence-corrected chi connectivity index (χ1v) is 2.91. The summed E-state index contributed by atoms with van der Waals surface area (Å²) in [6, 6.07) is 0. The fraction of sp³-hybridized carbons (Fsp3) is 0.333. The van der Waals surface area contributed by atoms with Crippen molar-refractivity contribution in [3.8, 4) is 0 Å². The molecule has 0 amide bonds. The molecule has 0 atom stereocenters. The second-order valence-electron chi connectivity index (χ2n) is 2.18. The molecule has 4 nitrogen and oxygen atoms in total. The van der Waals surface area contributed by atoms with E-state index >= 15 is 0 Å². The monoisotopic (exact) mass is 139 g/mol. The Bertz CT molecular complexity index is 302. The molecule has 0 spiro atoms. The smallest absolute Gasteiger partial charge is 0.347 e. The fourth-order valence-electron chi connectivity index (χ4n) is 0.644. The van der Waals surface area contributed by atoms with Gasteiger partial charge in [0.15, 0.2) is 0 Å². The van der Waals surface area contributed by atoms with Crippen molar-refractivity contribution >= 4 is 5.69 Å². The highest BCUT2D eigenvalue weighted by molar-refractivity contribution is 5.38. The molecule has 0 aliphatic heterocycles. The van der Waals surface area contributed by atoms with Gasteiger partial charge in [0.25, 0.3) is 0 Å². The topological polar surface area (TPSA) is 60.9 Å². The van der Waals surface area contributed by atoms with E-state index in [-0.39, 0.29) is 5.69 Å². The van der Waals surface area contributed by atoms with Gasteiger partial charge in [-0.3, -0.25) is 0 Å². The highest BCUT2D eigenvalue weighted by Gasteiger charge is 1.96. The summed E-state index contributed by atoms with van der Waals surface area (Å²) in [5.41, 5.74) is 6.33. The van der Waals surface area contributed by atoms with Crippen LogP contribution in [0.4, 0.5) is 5.69 Å². The maximum absolute atomic E-state index is 10.8. The lowest BCUT2D eigenvalue weighted by molar-refractivity contribution is 0.803. The van der Waals surface area contributed by atoms with Crippen molar-refractivity contribution in [1.29, 1.82) is 0 Å². The maximum atomic E-state index is 10.8. The van der Waals surface area contributed by atoms with Gasteiger partial charge in [0.05, 0.1) is 11.4 Å². The Morgan fingerprint density at radius 1 is 1.70 bits per heavy atom. The Hall–Kier alpha value is -1.32. The molecule has 0 aliphatic carbocycles. The van der Waals surface area contributed by atoms with Gasteiger partial charge in [0.2, 0.25) is 0 Å². The minimum atomic E-state index is -0.272. The zero-order valence-electron chi connectivity index (χ0n) is 5.96. The van der Waals surface area contributed by atoms with Crippen molar-refractivity contribution in [3.05, 3.63) is 22.4 Å². The molecule has 1 aromatic rings. The summed E-state index contributed by atoms with van der Waals surface area (Å²) in [5.74, 6) is 0. The quantitative estimate of drug-likeness (QED) is 0.535. The van der Waals surface area contributed by atoms with E-state index in [0.717, 1.165) is 0 Å². The molecular formula is C6H9N3O. The van der Waals surface area contributed by atoms with E-state index in [1.54, 1.807) is 20.2 Å². The first kappa shape index (κ1) is 6.80. The summed E-state index contributed by atoms with van der Waals surface area (Å²) in [6.07, 6.45) is 1.56. The third-order valence-corrected chi connectivity index (χ3v) is 1.32. The zero-order valence-corrected chi connectivity index (χ0v) is 5.96. The van der Waals surface area contributed by atoms with E-state index in [0.29, 0.717) is 11.4 Å². The largest absolute Gasteiger partial charge is 0.396 e. The Kier molecular flexibility index (Phi) is 1.45. The summed E-state index contributed by atoms with van der Waals surface area (Å²) in [4.78, 5) is 14.4. The number of hydrogen-bond acceptors (Lipinski definition) is 3. The van der Waals surface area contributed by atoms with Crippen LogP contribution in [0.2, 0.25) is 0 Å². The number of aryl methyl sites for hydroxylation is 2. The van der Waals surface area contributed by atoms with Gasteiger partial charge in [-0.25, -0.2) is 4.79 Å². The van der Waals surface area contributed by atoms with E-state index in [9.17, 15) is 4.79 Å². The molecule has 4 heteroatoms. The summed E-state index contributed by atoms with van der Waals surface area (Å²) in [6.45, 7) is 1.71. The van der Waals surface area contributed by atoms with E-state index in [4.69, 9.17) is 5.73 Å². The van der Waals surface area contributed by atoms with Gasteiger partial charge in [-0.2, -0.15) is 4.98 Å². The third kappa shape index (κ3) is 1.00. The average molecular weight is 139 g/mol. The van der Waals surface area contributed by atoms with E-state index < -0.39 is 0 Å². The van der Waals surface area contributed by atoms with Crippen molar-refractivity contribution in [2.24, 2.45) is 7.05 Å². The first-order valence-electron chi connectivity index (χ1n) is 2.91. The molecule has 0 saturated carbocycles.